The summed E-state index contributed by atoms with van der Waals surface area (Å²) < 4.78 is 37.9. The van der Waals surface area contributed by atoms with Crippen LogP contribution in [0.3, 0.4) is 0 Å². The number of pyridine rings is 1. The van der Waals surface area contributed by atoms with E-state index in [1.165, 1.54) is 0 Å². The summed E-state index contributed by atoms with van der Waals surface area (Å²) in [7, 11) is 0. The summed E-state index contributed by atoms with van der Waals surface area (Å²) in [5.74, 6) is 0.397. The van der Waals surface area contributed by atoms with E-state index in [-0.39, 0.29) is 5.02 Å². The lowest BCUT2D eigenvalue weighted by Crippen LogP contribution is -2.47. The summed E-state index contributed by atoms with van der Waals surface area (Å²) in [6.45, 7) is 2.73. The largest absolute Gasteiger partial charge is 0.417 e. The van der Waals surface area contributed by atoms with Crippen molar-refractivity contribution in [3.8, 4) is 0 Å². The van der Waals surface area contributed by atoms with Gasteiger partial charge < -0.3 is 9.80 Å². The number of hydrogen-bond donors (Lipinski definition) is 0. The van der Waals surface area contributed by atoms with E-state index >= 15 is 0 Å². The van der Waals surface area contributed by atoms with Crippen LogP contribution in [0.4, 0.5) is 24.1 Å². The SMILES string of the molecule is FC(F)(F)c1cnc(N2CCN(c3nccs3)CC2)c(Cl)c1. The van der Waals surface area contributed by atoms with E-state index in [2.05, 4.69) is 14.9 Å². The maximum Gasteiger partial charge on any atom is 0.417 e. The Morgan fingerprint density at radius 2 is 1.77 bits per heavy atom. The van der Waals surface area contributed by atoms with Crippen LogP contribution in [0, 0.1) is 0 Å². The molecule has 22 heavy (non-hydrogen) atoms. The first kappa shape index (κ1) is 15.4. The molecule has 0 aliphatic carbocycles. The smallest absolute Gasteiger partial charge is 0.352 e. The maximum absolute atomic E-state index is 12.6. The molecule has 0 bridgehead atoms. The summed E-state index contributed by atoms with van der Waals surface area (Å²) >= 11 is 7.54. The molecule has 4 nitrogen and oxygen atoms in total. The van der Waals surface area contributed by atoms with Crippen LogP contribution in [0.25, 0.3) is 0 Å². The van der Waals surface area contributed by atoms with Gasteiger partial charge in [-0.3, -0.25) is 0 Å². The van der Waals surface area contributed by atoms with Gasteiger partial charge in [-0.25, -0.2) is 9.97 Å². The van der Waals surface area contributed by atoms with Crippen LogP contribution in [0.2, 0.25) is 5.02 Å². The number of hydrogen-bond acceptors (Lipinski definition) is 5. The fourth-order valence-electron chi connectivity index (χ4n) is 2.30. The second-order valence-electron chi connectivity index (χ2n) is 4.82. The zero-order chi connectivity index (χ0) is 15.7. The van der Waals surface area contributed by atoms with Crippen molar-refractivity contribution in [3.05, 3.63) is 34.4 Å². The van der Waals surface area contributed by atoms with Gasteiger partial charge >= 0.3 is 6.18 Å². The molecule has 0 unspecified atom stereocenters. The van der Waals surface area contributed by atoms with Gasteiger partial charge in [0.1, 0.15) is 5.82 Å². The first-order chi connectivity index (χ1) is 10.4. The van der Waals surface area contributed by atoms with Gasteiger partial charge in [0, 0.05) is 44.0 Å². The zero-order valence-electron chi connectivity index (χ0n) is 11.3. The van der Waals surface area contributed by atoms with Gasteiger partial charge in [-0.15, -0.1) is 11.3 Å². The predicted octanol–water partition coefficient (Wildman–Crippen LogP) is 3.54. The predicted molar refractivity (Wildman–Crippen MR) is 80.8 cm³/mol. The normalized spacial score (nSPS) is 16.2. The molecule has 0 amide bonds. The minimum absolute atomic E-state index is 0.0255. The van der Waals surface area contributed by atoms with Crippen molar-refractivity contribution in [2.75, 3.05) is 36.0 Å². The molecule has 1 fully saturated rings. The summed E-state index contributed by atoms with van der Waals surface area (Å²) in [6.07, 6.45) is -1.85. The maximum atomic E-state index is 12.6. The van der Waals surface area contributed by atoms with Crippen molar-refractivity contribution in [1.29, 1.82) is 0 Å². The lowest BCUT2D eigenvalue weighted by atomic mass is 10.2. The molecule has 1 saturated heterocycles. The molecule has 3 heterocycles. The average molecular weight is 349 g/mol. The molecule has 3 rings (SSSR count). The van der Waals surface area contributed by atoms with E-state index in [0.717, 1.165) is 30.5 Å². The van der Waals surface area contributed by atoms with Gasteiger partial charge in [0.15, 0.2) is 5.13 Å². The lowest BCUT2D eigenvalue weighted by molar-refractivity contribution is -0.137. The third-order valence-electron chi connectivity index (χ3n) is 3.42. The quantitative estimate of drug-likeness (QED) is 0.831. The molecule has 0 N–H and O–H groups in total. The molecular weight excluding hydrogens is 337 g/mol. The molecule has 2 aromatic rings. The van der Waals surface area contributed by atoms with Crippen molar-refractivity contribution in [3.63, 3.8) is 0 Å². The van der Waals surface area contributed by atoms with Crippen LogP contribution in [-0.2, 0) is 6.18 Å². The third kappa shape index (κ3) is 3.12. The number of piperazine rings is 1. The molecule has 0 atom stereocenters. The van der Waals surface area contributed by atoms with E-state index in [9.17, 15) is 13.2 Å². The Hall–Kier alpha value is -1.54. The van der Waals surface area contributed by atoms with E-state index in [1.807, 2.05) is 10.3 Å². The minimum Gasteiger partial charge on any atom is -0.352 e. The minimum atomic E-state index is -4.43. The number of halogens is 4. The Kier molecular flexibility index (Phi) is 4.14. The molecule has 0 spiro atoms. The van der Waals surface area contributed by atoms with Crippen LogP contribution in [0.1, 0.15) is 5.56 Å². The summed E-state index contributed by atoms with van der Waals surface area (Å²) in [5, 5.41) is 2.89. The van der Waals surface area contributed by atoms with Gasteiger partial charge in [-0.05, 0) is 6.07 Å². The molecule has 1 aliphatic rings. The monoisotopic (exact) mass is 348 g/mol. The Balaban J connectivity index is 1.71. The zero-order valence-corrected chi connectivity index (χ0v) is 12.9. The standard InChI is InChI=1S/C13H12ClF3N4S/c14-10-7-9(13(15,16)17)8-19-11(10)20-2-4-21(5-3-20)12-18-1-6-22-12/h1,6-8H,2-5H2. The lowest BCUT2D eigenvalue weighted by Gasteiger charge is -2.35. The van der Waals surface area contributed by atoms with Gasteiger partial charge in [0.05, 0.1) is 10.6 Å². The van der Waals surface area contributed by atoms with Crippen molar-refractivity contribution in [2.45, 2.75) is 6.18 Å². The highest BCUT2D eigenvalue weighted by molar-refractivity contribution is 7.13. The molecule has 0 aromatic carbocycles. The Morgan fingerprint density at radius 1 is 1.09 bits per heavy atom. The summed E-state index contributed by atoms with van der Waals surface area (Å²) in [4.78, 5) is 12.2. The Labute approximate surface area is 134 Å². The van der Waals surface area contributed by atoms with Crippen LogP contribution in [0.5, 0.6) is 0 Å². The fourth-order valence-corrected chi connectivity index (χ4v) is 3.28. The van der Waals surface area contributed by atoms with Gasteiger partial charge in [0.2, 0.25) is 0 Å². The van der Waals surface area contributed by atoms with Crippen molar-refractivity contribution >= 4 is 33.9 Å². The van der Waals surface area contributed by atoms with E-state index < -0.39 is 11.7 Å². The number of alkyl halides is 3. The third-order valence-corrected chi connectivity index (χ3v) is 4.53. The summed E-state index contributed by atoms with van der Waals surface area (Å²) in [5.41, 5.74) is -0.831. The second-order valence-corrected chi connectivity index (χ2v) is 6.10. The number of nitrogens with zero attached hydrogens (tertiary/aromatic N) is 4. The van der Waals surface area contributed by atoms with E-state index in [1.54, 1.807) is 17.5 Å². The fraction of sp³-hybridized carbons (Fsp3) is 0.385. The molecular formula is C13H12ClF3N4S. The second kappa shape index (κ2) is 5.92. The molecule has 1 aliphatic heterocycles. The van der Waals surface area contributed by atoms with Crippen molar-refractivity contribution in [1.82, 2.24) is 9.97 Å². The first-order valence-corrected chi connectivity index (χ1v) is 7.83. The van der Waals surface area contributed by atoms with Crippen LogP contribution in [-0.4, -0.2) is 36.1 Å². The molecule has 2 aromatic heterocycles. The highest BCUT2D eigenvalue weighted by atomic mass is 35.5. The highest BCUT2D eigenvalue weighted by Crippen LogP contribution is 2.34. The van der Waals surface area contributed by atoms with Crippen LogP contribution in [0.15, 0.2) is 23.8 Å². The summed E-state index contributed by atoms with van der Waals surface area (Å²) in [6, 6.07) is 0.928. The first-order valence-electron chi connectivity index (χ1n) is 6.57. The Morgan fingerprint density at radius 3 is 2.32 bits per heavy atom. The highest BCUT2D eigenvalue weighted by Gasteiger charge is 2.32. The molecule has 9 heteroatoms. The van der Waals surface area contributed by atoms with Gasteiger partial charge in [0.25, 0.3) is 0 Å². The molecule has 0 saturated carbocycles. The number of thiazole rings is 1. The Bertz CT molecular complexity index is 639. The average Bonchev–Trinajstić information content (AvgIpc) is 3.01. The topological polar surface area (TPSA) is 32.3 Å². The van der Waals surface area contributed by atoms with Crippen LogP contribution < -0.4 is 9.80 Å². The number of aromatic nitrogens is 2. The van der Waals surface area contributed by atoms with Crippen LogP contribution >= 0.6 is 22.9 Å². The van der Waals surface area contributed by atoms with Crippen molar-refractivity contribution < 1.29 is 13.2 Å². The van der Waals surface area contributed by atoms with Gasteiger partial charge in [-0.1, -0.05) is 11.6 Å². The van der Waals surface area contributed by atoms with Gasteiger partial charge in [-0.2, -0.15) is 13.2 Å². The molecule has 118 valence electrons. The number of rotatable bonds is 2. The van der Waals surface area contributed by atoms with Crippen molar-refractivity contribution in [2.24, 2.45) is 0 Å². The molecule has 0 radical (unpaired) electrons. The number of anilines is 2. The van der Waals surface area contributed by atoms with E-state index in [0.29, 0.717) is 18.9 Å². The van der Waals surface area contributed by atoms with E-state index in [4.69, 9.17) is 11.6 Å².